The standard InChI is InChI=1S/C31H38FN3O5S/c1-5-40-28-15-17-29(18-16-28)41(38,39)35(27-13-11-26(32)12-14-27)22-30(36)34(20-19-25-9-7-6-8-10-25)24(4)31(37)33-21-23(2)3/h6-18,23-24H,5,19-22H2,1-4H3,(H,33,37)/t24-/m0/s1. The fraction of sp³-hybridized carbons (Fsp3) is 0.355. The van der Waals surface area contributed by atoms with Gasteiger partial charge in [0.2, 0.25) is 11.8 Å². The number of anilines is 1. The lowest BCUT2D eigenvalue weighted by atomic mass is 10.1. The molecule has 3 aromatic rings. The summed E-state index contributed by atoms with van der Waals surface area (Å²) in [6, 6.07) is 19.4. The van der Waals surface area contributed by atoms with E-state index in [-0.39, 0.29) is 29.0 Å². The molecule has 0 fully saturated rings. The Morgan fingerprint density at radius 3 is 2.15 bits per heavy atom. The van der Waals surface area contributed by atoms with Gasteiger partial charge in [0.15, 0.2) is 0 Å². The van der Waals surface area contributed by atoms with Gasteiger partial charge in [-0.3, -0.25) is 13.9 Å². The Kier molecular flexibility index (Phi) is 11.3. The van der Waals surface area contributed by atoms with Crippen molar-refractivity contribution in [3.05, 3.63) is 90.2 Å². The molecule has 0 bridgehead atoms. The predicted molar refractivity (Wildman–Crippen MR) is 158 cm³/mol. The maximum absolute atomic E-state index is 13.9. The van der Waals surface area contributed by atoms with Crippen molar-refractivity contribution in [1.29, 1.82) is 0 Å². The fourth-order valence-corrected chi connectivity index (χ4v) is 5.57. The van der Waals surface area contributed by atoms with Crippen LogP contribution in [0, 0.1) is 11.7 Å². The van der Waals surface area contributed by atoms with Crippen LogP contribution in [-0.4, -0.2) is 57.4 Å². The Morgan fingerprint density at radius 2 is 1.56 bits per heavy atom. The van der Waals surface area contributed by atoms with E-state index in [9.17, 15) is 22.4 Å². The third-order valence-corrected chi connectivity index (χ3v) is 8.24. The molecule has 0 aliphatic carbocycles. The van der Waals surface area contributed by atoms with Crippen LogP contribution in [0.15, 0.2) is 83.8 Å². The summed E-state index contributed by atoms with van der Waals surface area (Å²) in [6.45, 7) is 7.85. The Hall–Kier alpha value is -3.92. The molecule has 0 unspecified atom stereocenters. The topological polar surface area (TPSA) is 96.0 Å². The van der Waals surface area contributed by atoms with Crippen molar-refractivity contribution >= 4 is 27.5 Å². The van der Waals surface area contributed by atoms with E-state index >= 15 is 0 Å². The maximum atomic E-state index is 13.9. The molecule has 0 spiro atoms. The molecule has 2 amide bonds. The van der Waals surface area contributed by atoms with E-state index in [1.54, 1.807) is 6.92 Å². The Labute approximate surface area is 242 Å². The van der Waals surface area contributed by atoms with Crippen LogP contribution in [0.1, 0.15) is 33.3 Å². The predicted octanol–water partition coefficient (Wildman–Crippen LogP) is 4.65. The normalized spacial score (nSPS) is 12.0. The van der Waals surface area contributed by atoms with Gasteiger partial charge in [0.1, 0.15) is 24.2 Å². The van der Waals surface area contributed by atoms with Gasteiger partial charge in [-0.05, 0) is 80.3 Å². The number of hydrogen-bond donors (Lipinski definition) is 1. The molecule has 0 heterocycles. The summed E-state index contributed by atoms with van der Waals surface area (Å²) in [5, 5.41) is 2.86. The summed E-state index contributed by atoms with van der Waals surface area (Å²) < 4.78 is 47.8. The summed E-state index contributed by atoms with van der Waals surface area (Å²) >= 11 is 0. The average molecular weight is 584 g/mol. The number of rotatable bonds is 14. The number of halogens is 1. The molecule has 0 radical (unpaired) electrons. The lowest BCUT2D eigenvalue weighted by Gasteiger charge is -2.32. The first-order valence-corrected chi connectivity index (χ1v) is 15.1. The van der Waals surface area contributed by atoms with Crippen LogP contribution in [0.3, 0.4) is 0 Å². The minimum Gasteiger partial charge on any atom is -0.494 e. The average Bonchev–Trinajstić information content (AvgIpc) is 2.96. The number of amides is 2. The van der Waals surface area contributed by atoms with E-state index in [1.165, 1.54) is 41.3 Å². The fourth-order valence-electron chi connectivity index (χ4n) is 4.16. The number of carbonyl (C=O) groups is 2. The molecule has 220 valence electrons. The molecular weight excluding hydrogens is 545 g/mol. The largest absolute Gasteiger partial charge is 0.494 e. The number of nitrogens with one attached hydrogen (secondary N) is 1. The SMILES string of the molecule is CCOc1ccc(S(=O)(=O)N(CC(=O)N(CCc2ccccc2)[C@@H](C)C(=O)NCC(C)C)c2ccc(F)cc2)cc1. The Bertz CT molecular complexity index is 1380. The molecule has 1 N–H and O–H groups in total. The van der Waals surface area contributed by atoms with Gasteiger partial charge in [-0.1, -0.05) is 44.2 Å². The second-order valence-electron chi connectivity index (χ2n) is 10.0. The molecule has 0 aliphatic heterocycles. The van der Waals surface area contributed by atoms with E-state index in [0.717, 1.165) is 22.0 Å². The van der Waals surface area contributed by atoms with Crippen molar-refractivity contribution in [2.45, 2.75) is 45.1 Å². The summed E-state index contributed by atoms with van der Waals surface area (Å²) in [6.07, 6.45) is 0.469. The Balaban J connectivity index is 1.95. The molecule has 3 rings (SSSR count). The summed E-state index contributed by atoms with van der Waals surface area (Å²) in [5.74, 6) is -0.717. The highest BCUT2D eigenvalue weighted by Gasteiger charge is 2.32. The Morgan fingerprint density at radius 1 is 0.927 bits per heavy atom. The molecule has 8 nitrogen and oxygen atoms in total. The van der Waals surface area contributed by atoms with Crippen molar-refractivity contribution < 1.29 is 27.1 Å². The molecule has 3 aromatic carbocycles. The highest BCUT2D eigenvalue weighted by Crippen LogP contribution is 2.26. The molecule has 0 aliphatic rings. The van der Waals surface area contributed by atoms with Gasteiger partial charge in [0, 0.05) is 13.1 Å². The van der Waals surface area contributed by atoms with Crippen LogP contribution in [-0.2, 0) is 26.0 Å². The molecule has 10 heteroatoms. The maximum Gasteiger partial charge on any atom is 0.264 e. The van der Waals surface area contributed by atoms with Gasteiger partial charge in [0.25, 0.3) is 10.0 Å². The molecule has 41 heavy (non-hydrogen) atoms. The third-order valence-electron chi connectivity index (χ3n) is 6.45. The molecule has 0 saturated heterocycles. The quantitative estimate of drug-likeness (QED) is 0.298. The second-order valence-corrected chi connectivity index (χ2v) is 11.9. The third kappa shape index (κ3) is 8.78. The van der Waals surface area contributed by atoms with E-state index in [2.05, 4.69) is 5.32 Å². The van der Waals surface area contributed by atoms with Gasteiger partial charge < -0.3 is 15.0 Å². The minimum atomic E-state index is -4.25. The van der Waals surface area contributed by atoms with Gasteiger partial charge in [-0.2, -0.15) is 0 Å². The first-order valence-electron chi connectivity index (χ1n) is 13.6. The van der Waals surface area contributed by atoms with Crippen molar-refractivity contribution in [3.8, 4) is 5.75 Å². The second kappa shape index (κ2) is 14.6. The van der Waals surface area contributed by atoms with Crippen LogP contribution in [0.5, 0.6) is 5.75 Å². The van der Waals surface area contributed by atoms with E-state index in [4.69, 9.17) is 4.74 Å². The number of nitrogens with zero attached hydrogens (tertiary/aromatic N) is 2. The van der Waals surface area contributed by atoms with Crippen molar-refractivity contribution in [2.24, 2.45) is 5.92 Å². The molecule has 0 saturated carbocycles. The highest BCUT2D eigenvalue weighted by atomic mass is 32.2. The van der Waals surface area contributed by atoms with E-state index in [1.807, 2.05) is 51.1 Å². The zero-order valence-corrected chi connectivity index (χ0v) is 24.7. The number of benzene rings is 3. The molecule has 0 aromatic heterocycles. The number of carbonyl (C=O) groups excluding carboxylic acids is 2. The van der Waals surface area contributed by atoms with Gasteiger partial charge in [0.05, 0.1) is 17.2 Å². The molecule has 1 atom stereocenters. The van der Waals surface area contributed by atoms with E-state index < -0.39 is 34.3 Å². The monoisotopic (exact) mass is 583 g/mol. The first kappa shape index (κ1) is 31.6. The highest BCUT2D eigenvalue weighted by molar-refractivity contribution is 7.92. The summed E-state index contributed by atoms with van der Waals surface area (Å²) in [7, 11) is -4.25. The zero-order chi connectivity index (χ0) is 30.0. The molecular formula is C31H38FN3O5S. The lowest BCUT2D eigenvalue weighted by molar-refractivity contribution is -0.138. The van der Waals surface area contributed by atoms with Gasteiger partial charge in [-0.25, -0.2) is 12.8 Å². The first-order chi connectivity index (χ1) is 19.5. The smallest absolute Gasteiger partial charge is 0.264 e. The van der Waals surface area contributed by atoms with Crippen molar-refractivity contribution in [1.82, 2.24) is 10.2 Å². The van der Waals surface area contributed by atoms with Crippen LogP contribution in [0.25, 0.3) is 0 Å². The number of ether oxygens (including phenoxy) is 1. The minimum absolute atomic E-state index is 0.0587. The zero-order valence-electron chi connectivity index (χ0n) is 23.9. The number of hydrogen-bond acceptors (Lipinski definition) is 5. The van der Waals surface area contributed by atoms with Gasteiger partial charge >= 0.3 is 0 Å². The van der Waals surface area contributed by atoms with Crippen molar-refractivity contribution in [3.63, 3.8) is 0 Å². The van der Waals surface area contributed by atoms with Crippen LogP contribution in [0.4, 0.5) is 10.1 Å². The van der Waals surface area contributed by atoms with Crippen molar-refractivity contribution in [2.75, 3.05) is 30.5 Å². The van der Waals surface area contributed by atoms with Crippen LogP contribution in [0.2, 0.25) is 0 Å². The number of sulfonamides is 1. The van der Waals surface area contributed by atoms with Crippen LogP contribution < -0.4 is 14.4 Å². The lowest BCUT2D eigenvalue weighted by Crippen LogP contribution is -2.52. The van der Waals surface area contributed by atoms with Crippen LogP contribution >= 0.6 is 0 Å². The van der Waals surface area contributed by atoms with E-state index in [0.29, 0.717) is 25.3 Å². The summed E-state index contributed by atoms with van der Waals surface area (Å²) in [5.41, 5.74) is 1.09. The summed E-state index contributed by atoms with van der Waals surface area (Å²) in [4.78, 5) is 28.2. The van der Waals surface area contributed by atoms with Gasteiger partial charge in [-0.15, -0.1) is 0 Å².